The highest BCUT2D eigenvalue weighted by atomic mass is 16.5. The van der Waals surface area contributed by atoms with Crippen LogP contribution in [0.5, 0.6) is 0 Å². The van der Waals surface area contributed by atoms with E-state index < -0.39 is 0 Å². The molecule has 0 spiro atoms. The molecule has 0 aromatic heterocycles. The maximum absolute atomic E-state index is 11.6. The number of hydrogen-bond acceptors (Lipinski definition) is 4. The number of piperidine rings is 1. The number of nitrogens with zero attached hydrogens (tertiary/aromatic N) is 2. The third-order valence-corrected chi connectivity index (χ3v) is 5.06. The van der Waals surface area contributed by atoms with Crippen LogP contribution in [-0.2, 0) is 9.47 Å². The van der Waals surface area contributed by atoms with Gasteiger partial charge in [-0.1, -0.05) is 0 Å². The summed E-state index contributed by atoms with van der Waals surface area (Å²) in [6.45, 7) is 8.45. The van der Waals surface area contributed by atoms with E-state index in [1.54, 1.807) is 0 Å². The van der Waals surface area contributed by atoms with Crippen LogP contribution in [0, 0.1) is 5.92 Å². The number of urea groups is 1. The Balaban J connectivity index is 1.27. The number of ether oxygens (including phenoxy) is 2. The summed E-state index contributed by atoms with van der Waals surface area (Å²) >= 11 is 0. The lowest BCUT2D eigenvalue weighted by Gasteiger charge is -2.34. The molecule has 0 aliphatic carbocycles. The van der Waals surface area contributed by atoms with Gasteiger partial charge in [-0.15, -0.1) is 0 Å². The van der Waals surface area contributed by atoms with Crippen molar-refractivity contribution < 1.29 is 14.3 Å². The van der Waals surface area contributed by atoms with Gasteiger partial charge in [-0.2, -0.15) is 0 Å². The van der Waals surface area contributed by atoms with E-state index in [0.29, 0.717) is 12.0 Å². The lowest BCUT2D eigenvalue weighted by atomic mass is 9.96. The van der Waals surface area contributed by atoms with Crippen LogP contribution >= 0.6 is 0 Å². The minimum absolute atomic E-state index is 0.118. The van der Waals surface area contributed by atoms with Crippen LogP contribution in [-0.4, -0.2) is 81.0 Å². The predicted octanol–water partition coefficient (Wildman–Crippen LogP) is 0.919. The summed E-state index contributed by atoms with van der Waals surface area (Å²) in [5, 5.41) is 2.88. The molecule has 0 bridgehead atoms. The minimum Gasteiger partial charge on any atom is -0.381 e. The second-order valence-electron chi connectivity index (χ2n) is 6.65. The van der Waals surface area contributed by atoms with Gasteiger partial charge < -0.3 is 24.6 Å². The molecule has 6 nitrogen and oxygen atoms in total. The lowest BCUT2D eigenvalue weighted by molar-refractivity contribution is -0.0385. The SMILES string of the molecule is O=C1NCCN1CC1CCN(CCOC2CCOCC2)CC1. The first-order valence-corrected chi connectivity index (χ1v) is 8.76. The minimum atomic E-state index is 0.118. The van der Waals surface area contributed by atoms with Crippen LogP contribution in [0.2, 0.25) is 0 Å². The van der Waals surface area contributed by atoms with Crippen LogP contribution in [0.1, 0.15) is 25.7 Å². The largest absolute Gasteiger partial charge is 0.381 e. The molecule has 3 aliphatic heterocycles. The average molecular weight is 311 g/mol. The molecule has 0 unspecified atom stereocenters. The van der Waals surface area contributed by atoms with Crippen molar-refractivity contribution in [2.75, 3.05) is 59.1 Å². The van der Waals surface area contributed by atoms with Crippen LogP contribution in [0.4, 0.5) is 4.79 Å². The zero-order valence-electron chi connectivity index (χ0n) is 13.5. The van der Waals surface area contributed by atoms with Gasteiger partial charge in [-0.25, -0.2) is 4.79 Å². The maximum atomic E-state index is 11.6. The summed E-state index contributed by atoms with van der Waals surface area (Å²) in [6, 6.07) is 0.118. The van der Waals surface area contributed by atoms with Crippen LogP contribution in [0.3, 0.4) is 0 Å². The number of nitrogens with one attached hydrogen (secondary N) is 1. The van der Waals surface area contributed by atoms with Crippen molar-refractivity contribution in [3.05, 3.63) is 0 Å². The number of likely N-dealkylation sites (tertiary alicyclic amines) is 1. The zero-order valence-corrected chi connectivity index (χ0v) is 13.5. The van der Waals surface area contributed by atoms with E-state index >= 15 is 0 Å². The van der Waals surface area contributed by atoms with Crippen molar-refractivity contribution in [2.24, 2.45) is 5.92 Å². The molecular formula is C16H29N3O3. The fraction of sp³-hybridized carbons (Fsp3) is 0.938. The second-order valence-corrected chi connectivity index (χ2v) is 6.65. The van der Waals surface area contributed by atoms with Crippen molar-refractivity contribution in [1.82, 2.24) is 15.1 Å². The summed E-state index contributed by atoms with van der Waals surface area (Å²) in [5.74, 6) is 0.663. The Morgan fingerprint density at radius 3 is 2.59 bits per heavy atom. The third-order valence-electron chi connectivity index (χ3n) is 5.06. The van der Waals surface area contributed by atoms with Crippen LogP contribution < -0.4 is 5.32 Å². The maximum Gasteiger partial charge on any atom is 0.317 e. The van der Waals surface area contributed by atoms with Crippen molar-refractivity contribution >= 4 is 6.03 Å². The first kappa shape index (κ1) is 16.0. The topological polar surface area (TPSA) is 54.0 Å². The Labute approximate surface area is 133 Å². The van der Waals surface area contributed by atoms with E-state index in [1.165, 1.54) is 12.8 Å². The van der Waals surface area contributed by atoms with Gasteiger partial charge in [0.2, 0.25) is 0 Å². The highest BCUT2D eigenvalue weighted by molar-refractivity contribution is 5.76. The molecule has 0 atom stereocenters. The van der Waals surface area contributed by atoms with Crippen molar-refractivity contribution in [3.63, 3.8) is 0 Å². The van der Waals surface area contributed by atoms with Crippen molar-refractivity contribution in [3.8, 4) is 0 Å². The van der Waals surface area contributed by atoms with Gasteiger partial charge in [0.25, 0.3) is 0 Å². The standard InChI is InChI=1S/C16H29N3O3/c20-16-17-5-8-19(16)13-14-1-6-18(7-2-14)9-12-22-15-3-10-21-11-4-15/h14-15H,1-13H2,(H,17,20). The van der Waals surface area contributed by atoms with E-state index in [1.807, 2.05) is 4.90 Å². The number of carbonyl (C=O) groups is 1. The first-order valence-electron chi connectivity index (χ1n) is 8.76. The Bertz CT molecular complexity index is 353. The Hall–Kier alpha value is -0.850. The summed E-state index contributed by atoms with van der Waals surface area (Å²) in [6.07, 6.45) is 4.88. The van der Waals surface area contributed by atoms with E-state index in [0.717, 1.165) is 71.9 Å². The monoisotopic (exact) mass is 311 g/mol. The molecule has 3 aliphatic rings. The average Bonchev–Trinajstić information content (AvgIpc) is 2.95. The van der Waals surface area contributed by atoms with E-state index in [2.05, 4.69) is 10.2 Å². The Morgan fingerprint density at radius 1 is 1.14 bits per heavy atom. The zero-order chi connectivity index (χ0) is 15.2. The molecule has 1 N–H and O–H groups in total. The third kappa shape index (κ3) is 4.57. The Kier molecular flexibility index (Phi) is 5.92. The highest BCUT2D eigenvalue weighted by Crippen LogP contribution is 2.19. The molecule has 126 valence electrons. The van der Waals surface area contributed by atoms with Gasteiger partial charge in [0.15, 0.2) is 0 Å². The normalized spacial score (nSPS) is 25.6. The Morgan fingerprint density at radius 2 is 1.91 bits per heavy atom. The number of carbonyl (C=O) groups excluding carboxylic acids is 1. The van der Waals surface area contributed by atoms with E-state index in [9.17, 15) is 4.79 Å². The molecule has 3 saturated heterocycles. The summed E-state index contributed by atoms with van der Waals surface area (Å²) in [7, 11) is 0. The molecule has 22 heavy (non-hydrogen) atoms. The molecule has 3 rings (SSSR count). The van der Waals surface area contributed by atoms with Crippen molar-refractivity contribution in [2.45, 2.75) is 31.8 Å². The predicted molar refractivity (Wildman–Crippen MR) is 83.9 cm³/mol. The van der Waals surface area contributed by atoms with Gasteiger partial charge in [-0.3, -0.25) is 0 Å². The van der Waals surface area contributed by atoms with Crippen LogP contribution in [0.15, 0.2) is 0 Å². The molecule has 2 amide bonds. The molecule has 3 heterocycles. The van der Waals surface area contributed by atoms with Gasteiger partial charge in [-0.05, 0) is 44.7 Å². The molecule has 0 radical (unpaired) electrons. The molecule has 6 heteroatoms. The number of hydrogen-bond donors (Lipinski definition) is 1. The summed E-state index contributed by atoms with van der Waals surface area (Å²) < 4.78 is 11.3. The highest BCUT2D eigenvalue weighted by Gasteiger charge is 2.26. The smallest absolute Gasteiger partial charge is 0.317 e. The van der Waals surface area contributed by atoms with Gasteiger partial charge in [0.1, 0.15) is 0 Å². The van der Waals surface area contributed by atoms with E-state index in [4.69, 9.17) is 9.47 Å². The van der Waals surface area contributed by atoms with Gasteiger partial charge in [0, 0.05) is 39.4 Å². The fourth-order valence-corrected chi connectivity index (χ4v) is 3.58. The van der Waals surface area contributed by atoms with E-state index in [-0.39, 0.29) is 6.03 Å². The molecule has 0 aromatic rings. The number of amides is 2. The molecular weight excluding hydrogens is 282 g/mol. The lowest BCUT2D eigenvalue weighted by Crippen LogP contribution is -2.41. The molecule has 3 fully saturated rings. The first-order chi connectivity index (χ1) is 10.8. The summed E-state index contributed by atoms with van der Waals surface area (Å²) in [5.41, 5.74) is 0. The van der Waals surface area contributed by atoms with Crippen molar-refractivity contribution in [1.29, 1.82) is 0 Å². The van der Waals surface area contributed by atoms with Gasteiger partial charge >= 0.3 is 6.03 Å². The quantitative estimate of drug-likeness (QED) is 0.792. The molecule has 0 aromatic carbocycles. The number of rotatable bonds is 6. The fourth-order valence-electron chi connectivity index (χ4n) is 3.58. The van der Waals surface area contributed by atoms with Gasteiger partial charge in [0.05, 0.1) is 12.7 Å². The molecule has 0 saturated carbocycles. The van der Waals surface area contributed by atoms with Crippen LogP contribution in [0.25, 0.3) is 0 Å². The summed E-state index contributed by atoms with van der Waals surface area (Å²) in [4.78, 5) is 16.0. The second kappa shape index (κ2) is 8.13.